The highest BCUT2D eigenvalue weighted by molar-refractivity contribution is 9.09. The first-order valence-electron chi connectivity index (χ1n) is 6.33. The topological polar surface area (TPSA) is 17.8 Å². The maximum atomic E-state index is 4.22. The molecule has 1 aromatic rings. The van der Waals surface area contributed by atoms with E-state index in [-0.39, 0.29) is 0 Å². The van der Waals surface area contributed by atoms with Gasteiger partial charge in [-0.3, -0.25) is 4.68 Å². The molecule has 0 saturated carbocycles. The third-order valence-corrected chi connectivity index (χ3v) is 5.56. The number of aromatic nitrogens is 2. The van der Waals surface area contributed by atoms with Crippen molar-refractivity contribution in [3.8, 4) is 0 Å². The van der Waals surface area contributed by atoms with Crippen molar-refractivity contribution in [2.75, 3.05) is 11.1 Å². The lowest BCUT2D eigenvalue weighted by molar-refractivity contribution is 0.320. The number of hydrogen-bond donors (Lipinski definition) is 0. The van der Waals surface area contributed by atoms with Gasteiger partial charge in [0.2, 0.25) is 0 Å². The van der Waals surface area contributed by atoms with Gasteiger partial charge in [-0.25, -0.2) is 0 Å². The highest BCUT2D eigenvalue weighted by Crippen LogP contribution is 2.37. The van der Waals surface area contributed by atoms with Crippen LogP contribution in [0.4, 0.5) is 0 Å². The Kier molecular flexibility index (Phi) is 6.63. The van der Waals surface area contributed by atoms with Crippen LogP contribution in [0, 0.1) is 5.41 Å². The van der Waals surface area contributed by atoms with E-state index in [2.05, 4.69) is 41.1 Å². The van der Waals surface area contributed by atoms with Crippen molar-refractivity contribution in [3.63, 3.8) is 0 Å². The summed E-state index contributed by atoms with van der Waals surface area (Å²) in [6, 6.07) is 0. The average Bonchev–Trinajstić information content (AvgIpc) is 2.73. The zero-order chi connectivity index (χ0) is 12.7. The van der Waals surface area contributed by atoms with Crippen LogP contribution in [-0.2, 0) is 7.05 Å². The molecule has 0 saturated heterocycles. The molecule has 0 radical (unpaired) electrons. The first-order valence-corrected chi connectivity index (χ1v) is 8.44. The van der Waals surface area contributed by atoms with Crippen LogP contribution in [0.2, 0.25) is 0 Å². The average molecular weight is 319 g/mol. The lowest BCUT2D eigenvalue weighted by Crippen LogP contribution is -2.25. The quantitative estimate of drug-likeness (QED) is 0.519. The normalized spacial score (nSPS) is 12.0. The van der Waals surface area contributed by atoms with Crippen LogP contribution in [-0.4, -0.2) is 20.9 Å². The Morgan fingerprint density at radius 2 is 2.00 bits per heavy atom. The van der Waals surface area contributed by atoms with Crippen LogP contribution in [0.3, 0.4) is 0 Å². The number of halogens is 1. The lowest BCUT2D eigenvalue weighted by atomic mass is 9.83. The summed E-state index contributed by atoms with van der Waals surface area (Å²) in [5.74, 6) is 1.19. The van der Waals surface area contributed by atoms with Gasteiger partial charge in [0.25, 0.3) is 0 Å². The number of rotatable bonds is 8. The smallest absolute Gasteiger partial charge is 0.0625 e. The number of hydrogen-bond acceptors (Lipinski definition) is 2. The second kappa shape index (κ2) is 7.47. The summed E-state index contributed by atoms with van der Waals surface area (Å²) >= 11 is 5.66. The third kappa shape index (κ3) is 4.66. The molecule has 4 heteroatoms. The van der Waals surface area contributed by atoms with Gasteiger partial charge in [-0.2, -0.15) is 5.10 Å². The minimum atomic E-state index is 0.448. The molecule has 17 heavy (non-hydrogen) atoms. The molecule has 0 atom stereocenters. The maximum absolute atomic E-state index is 4.22. The Morgan fingerprint density at radius 3 is 2.41 bits per heavy atom. The summed E-state index contributed by atoms with van der Waals surface area (Å²) in [5, 5.41) is 5.33. The van der Waals surface area contributed by atoms with E-state index in [0.717, 1.165) is 5.33 Å². The van der Waals surface area contributed by atoms with Crippen molar-refractivity contribution in [3.05, 3.63) is 12.4 Å². The molecule has 1 aromatic heterocycles. The number of aryl methyl sites for hydroxylation is 1. The molecule has 0 spiro atoms. The zero-order valence-electron chi connectivity index (χ0n) is 11.1. The molecule has 0 bridgehead atoms. The summed E-state index contributed by atoms with van der Waals surface area (Å²) in [7, 11) is 1.97. The summed E-state index contributed by atoms with van der Waals surface area (Å²) in [6.45, 7) is 4.56. The number of nitrogens with zero attached hydrogens (tertiary/aromatic N) is 2. The first-order chi connectivity index (χ1) is 8.15. The number of alkyl halides is 1. The van der Waals surface area contributed by atoms with E-state index in [1.54, 1.807) is 0 Å². The van der Waals surface area contributed by atoms with Crippen LogP contribution in [0.5, 0.6) is 0 Å². The Balaban J connectivity index is 2.59. The van der Waals surface area contributed by atoms with Crippen molar-refractivity contribution >= 4 is 27.7 Å². The summed E-state index contributed by atoms with van der Waals surface area (Å²) < 4.78 is 1.87. The van der Waals surface area contributed by atoms with Crippen LogP contribution < -0.4 is 0 Å². The lowest BCUT2D eigenvalue weighted by Gasteiger charge is -2.31. The van der Waals surface area contributed by atoms with Crippen molar-refractivity contribution in [2.45, 2.75) is 44.4 Å². The van der Waals surface area contributed by atoms with Gasteiger partial charge in [0.1, 0.15) is 0 Å². The molecule has 98 valence electrons. The molecular weight excluding hydrogens is 296 g/mol. The van der Waals surface area contributed by atoms with E-state index in [0.29, 0.717) is 5.41 Å². The molecule has 0 aliphatic rings. The molecule has 0 unspecified atom stereocenters. The highest BCUT2D eigenvalue weighted by Gasteiger charge is 2.27. The van der Waals surface area contributed by atoms with E-state index >= 15 is 0 Å². The fourth-order valence-electron chi connectivity index (χ4n) is 2.21. The monoisotopic (exact) mass is 318 g/mol. The third-order valence-electron chi connectivity index (χ3n) is 3.07. The van der Waals surface area contributed by atoms with Crippen molar-refractivity contribution in [2.24, 2.45) is 12.5 Å². The number of thioether (sulfide) groups is 1. The zero-order valence-corrected chi connectivity index (χ0v) is 13.5. The molecule has 0 fully saturated rings. The molecule has 0 amide bonds. The Morgan fingerprint density at radius 1 is 1.35 bits per heavy atom. The van der Waals surface area contributed by atoms with Gasteiger partial charge in [-0.15, -0.1) is 11.8 Å². The predicted molar refractivity (Wildman–Crippen MR) is 80.0 cm³/mol. The van der Waals surface area contributed by atoms with Gasteiger partial charge in [0.15, 0.2) is 0 Å². The van der Waals surface area contributed by atoms with E-state index in [1.165, 1.54) is 36.3 Å². The van der Waals surface area contributed by atoms with E-state index in [4.69, 9.17) is 0 Å². The second-order valence-corrected chi connectivity index (χ2v) is 6.38. The Bertz CT molecular complexity index is 319. The van der Waals surface area contributed by atoms with Gasteiger partial charge in [0.05, 0.1) is 6.20 Å². The fraction of sp³-hybridized carbons (Fsp3) is 0.769. The van der Waals surface area contributed by atoms with E-state index in [1.807, 2.05) is 29.7 Å². The fourth-order valence-corrected chi connectivity index (χ4v) is 4.45. The van der Waals surface area contributed by atoms with Crippen LogP contribution >= 0.6 is 27.7 Å². The van der Waals surface area contributed by atoms with E-state index < -0.39 is 0 Å². The van der Waals surface area contributed by atoms with Crippen LogP contribution in [0.25, 0.3) is 0 Å². The van der Waals surface area contributed by atoms with Gasteiger partial charge in [0, 0.05) is 29.2 Å². The highest BCUT2D eigenvalue weighted by atomic mass is 79.9. The Labute approximate surface area is 118 Å². The predicted octanol–water partition coefficient (Wildman–Crippen LogP) is 4.49. The Hall–Kier alpha value is 0.0400. The summed E-state index contributed by atoms with van der Waals surface area (Å²) in [6.07, 6.45) is 9.19. The standard InChI is InChI=1S/C13H23BrN2S/c1-4-6-13(10-14,7-5-2)11-17-12-8-15-16(3)9-12/h8-9H,4-7,10-11H2,1-3H3. The molecule has 1 heterocycles. The summed E-state index contributed by atoms with van der Waals surface area (Å²) in [4.78, 5) is 1.28. The van der Waals surface area contributed by atoms with Gasteiger partial charge in [-0.05, 0) is 18.3 Å². The minimum absolute atomic E-state index is 0.448. The maximum Gasteiger partial charge on any atom is 0.0625 e. The van der Waals surface area contributed by atoms with E-state index in [9.17, 15) is 0 Å². The van der Waals surface area contributed by atoms with Crippen LogP contribution in [0.1, 0.15) is 39.5 Å². The van der Waals surface area contributed by atoms with Gasteiger partial charge >= 0.3 is 0 Å². The van der Waals surface area contributed by atoms with Crippen molar-refractivity contribution in [1.82, 2.24) is 9.78 Å². The molecule has 0 aliphatic carbocycles. The molecule has 2 nitrogen and oxygen atoms in total. The molecule has 0 aromatic carbocycles. The van der Waals surface area contributed by atoms with Crippen molar-refractivity contribution < 1.29 is 0 Å². The molecule has 0 N–H and O–H groups in total. The van der Waals surface area contributed by atoms with Gasteiger partial charge < -0.3 is 0 Å². The van der Waals surface area contributed by atoms with Crippen molar-refractivity contribution in [1.29, 1.82) is 0 Å². The second-order valence-electron chi connectivity index (χ2n) is 4.77. The van der Waals surface area contributed by atoms with Gasteiger partial charge in [-0.1, -0.05) is 42.6 Å². The van der Waals surface area contributed by atoms with Crippen LogP contribution in [0.15, 0.2) is 17.3 Å². The summed E-state index contributed by atoms with van der Waals surface area (Å²) in [5.41, 5.74) is 0.448. The SMILES string of the molecule is CCCC(CBr)(CCC)CSc1cnn(C)c1. The molecule has 0 aliphatic heterocycles. The molecule has 1 rings (SSSR count). The molecular formula is C13H23BrN2S. The first kappa shape index (κ1) is 15.1. The largest absolute Gasteiger partial charge is 0.275 e. The minimum Gasteiger partial charge on any atom is -0.275 e.